The first kappa shape index (κ1) is 15.9. The fourth-order valence-electron chi connectivity index (χ4n) is 2.13. The minimum atomic E-state index is -1.84. The van der Waals surface area contributed by atoms with Crippen molar-refractivity contribution >= 4 is 28.5 Å². The molecule has 1 unspecified atom stereocenters. The Labute approximate surface area is 124 Å². The largest absolute Gasteiger partial charge is 0.394 e. The summed E-state index contributed by atoms with van der Waals surface area (Å²) < 4.78 is 15.7. The van der Waals surface area contributed by atoms with Gasteiger partial charge >= 0.3 is 0 Å². The normalized spacial score (nSPS) is 17.6. The highest BCUT2D eigenvalue weighted by Gasteiger charge is 2.32. The second-order valence-corrected chi connectivity index (χ2v) is 5.17. The number of fused-ring (bicyclic) bond motifs is 1. The van der Waals surface area contributed by atoms with Gasteiger partial charge in [-0.05, 0) is 6.92 Å². The zero-order valence-corrected chi connectivity index (χ0v) is 11.9. The van der Waals surface area contributed by atoms with E-state index in [4.69, 9.17) is 22.4 Å². The van der Waals surface area contributed by atoms with Crippen molar-refractivity contribution in [1.82, 2.24) is 14.5 Å². The van der Waals surface area contributed by atoms with Crippen molar-refractivity contribution < 1.29 is 19.7 Å². The monoisotopic (exact) mass is 318 g/mol. The topological polar surface area (TPSA) is 117 Å². The van der Waals surface area contributed by atoms with Crippen molar-refractivity contribution in [2.75, 3.05) is 12.3 Å². The van der Waals surface area contributed by atoms with E-state index in [0.29, 0.717) is 11.0 Å². The number of hydrogen-bond acceptors (Lipinski definition) is 6. The number of nitrogens with zero attached hydrogens (tertiary/aromatic N) is 3. The number of aliphatic hydroxyl groups excluding tert-OH is 3. The molecule has 0 amide bonds. The predicted octanol–water partition coefficient (Wildman–Crippen LogP) is 0.280. The smallest absolute Gasteiger partial charge is 0.149 e. The maximum Gasteiger partial charge on any atom is 0.149 e. The van der Waals surface area contributed by atoms with E-state index in [1.165, 1.54) is 24.0 Å². The number of nitrogen functional groups attached to an aromatic ring is 1. The van der Waals surface area contributed by atoms with Crippen LogP contribution in [0.25, 0.3) is 11.0 Å². The number of halogens is 2. The third-order valence-electron chi connectivity index (χ3n) is 3.40. The summed E-state index contributed by atoms with van der Waals surface area (Å²) >= 11 is 6.05. The molecule has 0 saturated heterocycles. The average Bonchev–Trinajstić information content (AvgIpc) is 2.82. The molecule has 4 atom stereocenters. The SMILES string of the molecule is C[C@H](C(F)[C@@H](O)[C@H](O)CO)n1cc(Cl)c2c(N)ncnc21. The van der Waals surface area contributed by atoms with Gasteiger partial charge in [-0.3, -0.25) is 0 Å². The fraction of sp³-hybridized carbons (Fsp3) is 0.500. The van der Waals surface area contributed by atoms with Crippen molar-refractivity contribution in [3.05, 3.63) is 17.5 Å². The molecule has 2 rings (SSSR count). The summed E-state index contributed by atoms with van der Waals surface area (Å²) in [5, 5.41) is 28.4. The van der Waals surface area contributed by atoms with Crippen LogP contribution in [0.2, 0.25) is 5.02 Å². The minimum absolute atomic E-state index is 0.169. The third-order valence-corrected chi connectivity index (χ3v) is 3.69. The molecule has 2 heterocycles. The lowest BCUT2D eigenvalue weighted by Gasteiger charge is -2.25. The van der Waals surface area contributed by atoms with E-state index in [1.807, 2.05) is 0 Å². The summed E-state index contributed by atoms with van der Waals surface area (Å²) in [5.41, 5.74) is 6.04. The van der Waals surface area contributed by atoms with E-state index in [1.54, 1.807) is 0 Å². The van der Waals surface area contributed by atoms with Crippen LogP contribution in [-0.2, 0) is 0 Å². The van der Waals surface area contributed by atoms with Gasteiger partial charge in [0.05, 0.1) is 23.1 Å². The van der Waals surface area contributed by atoms with Crippen molar-refractivity contribution in [1.29, 1.82) is 0 Å². The van der Waals surface area contributed by atoms with Crippen LogP contribution in [0.15, 0.2) is 12.5 Å². The van der Waals surface area contributed by atoms with E-state index in [-0.39, 0.29) is 10.8 Å². The Morgan fingerprint density at radius 1 is 1.43 bits per heavy atom. The standard InChI is InChI=1S/C12H16ClFN4O3/c1-5(9(14)10(21)7(20)3-19)18-2-6(13)8-11(15)16-4-17-12(8)18/h2,4-5,7,9-10,19-21H,3H2,1H3,(H2,15,16,17)/t5-,7-,9?,10+/m1/s1. The molecule has 21 heavy (non-hydrogen) atoms. The van der Waals surface area contributed by atoms with Crippen molar-refractivity contribution in [2.24, 2.45) is 0 Å². The van der Waals surface area contributed by atoms with Crippen molar-refractivity contribution in [3.63, 3.8) is 0 Å². The maximum absolute atomic E-state index is 14.3. The lowest BCUT2D eigenvalue weighted by atomic mass is 10.0. The molecule has 7 nitrogen and oxygen atoms in total. The first-order valence-corrected chi connectivity index (χ1v) is 6.63. The maximum atomic E-state index is 14.3. The zero-order valence-electron chi connectivity index (χ0n) is 11.2. The molecule has 0 aliphatic rings. The quantitative estimate of drug-likeness (QED) is 0.629. The van der Waals surface area contributed by atoms with Gasteiger partial charge in [0.1, 0.15) is 36.2 Å². The van der Waals surface area contributed by atoms with Crippen LogP contribution in [0.3, 0.4) is 0 Å². The van der Waals surface area contributed by atoms with E-state index in [9.17, 15) is 14.6 Å². The van der Waals surface area contributed by atoms with Gasteiger partial charge < -0.3 is 25.6 Å². The Balaban J connectivity index is 2.40. The highest BCUT2D eigenvalue weighted by molar-refractivity contribution is 6.36. The second-order valence-electron chi connectivity index (χ2n) is 4.77. The van der Waals surface area contributed by atoms with E-state index in [0.717, 1.165) is 0 Å². The molecule has 0 aromatic carbocycles. The summed E-state index contributed by atoms with van der Waals surface area (Å²) in [6.07, 6.45) is -2.48. The Kier molecular flexibility index (Phi) is 4.62. The van der Waals surface area contributed by atoms with Crippen LogP contribution < -0.4 is 5.73 Å². The molecule has 0 spiro atoms. The van der Waals surface area contributed by atoms with Crippen LogP contribution in [0.1, 0.15) is 13.0 Å². The second kappa shape index (κ2) is 6.10. The van der Waals surface area contributed by atoms with Gasteiger partial charge in [0, 0.05) is 6.20 Å². The van der Waals surface area contributed by atoms with Crippen molar-refractivity contribution in [3.8, 4) is 0 Å². The van der Waals surface area contributed by atoms with Gasteiger partial charge in [-0.2, -0.15) is 0 Å². The Morgan fingerprint density at radius 3 is 2.71 bits per heavy atom. The average molecular weight is 319 g/mol. The Hall–Kier alpha value is -1.48. The number of aromatic nitrogens is 3. The van der Waals surface area contributed by atoms with Crippen LogP contribution in [0.5, 0.6) is 0 Å². The molecule has 0 aliphatic heterocycles. The highest BCUT2D eigenvalue weighted by Crippen LogP contribution is 2.32. The van der Waals surface area contributed by atoms with Gasteiger partial charge in [0.25, 0.3) is 0 Å². The number of alkyl halides is 1. The minimum Gasteiger partial charge on any atom is -0.394 e. The molecule has 2 aromatic rings. The first-order valence-electron chi connectivity index (χ1n) is 6.26. The molecular weight excluding hydrogens is 303 g/mol. The molecule has 0 saturated carbocycles. The number of nitrogens with two attached hydrogens (primary N) is 1. The van der Waals surface area contributed by atoms with Gasteiger partial charge in [-0.1, -0.05) is 11.6 Å². The zero-order chi connectivity index (χ0) is 15.7. The molecule has 9 heteroatoms. The number of anilines is 1. The van der Waals surface area contributed by atoms with Crippen LogP contribution in [-0.4, -0.2) is 54.8 Å². The molecule has 5 N–H and O–H groups in total. The molecule has 116 valence electrons. The fourth-order valence-corrected chi connectivity index (χ4v) is 2.42. The predicted molar refractivity (Wildman–Crippen MR) is 75.7 cm³/mol. The summed E-state index contributed by atoms with van der Waals surface area (Å²) in [7, 11) is 0. The lowest BCUT2D eigenvalue weighted by molar-refractivity contribution is -0.0621. The van der Waals surface area contributed by atoms with Gasteiger partial charge in [-0.25, -0.2) is 14.4 Å². The van der Waals surface area contributed by atoms with Gasteiger partial charge in [0.2, 0.25) is 0 Å². The van der Waals surface area contributed by atoms with Gasteiger partial charge in [-0.15, -0.1) is 0 Å². The van der Waals surface area contributed by atoms with Gasteiger partial charge in [0.15, 0.2) is 0 Å². The summed E-state index contributed by atoms with van der Waals surface area (Å²) in [4.78, 5) is 7.83. The molecule has 0 fully saturated rings. The first-order chi connectivity index (χ1) is 9.88. The molecular formula is C12H16ClFN4O3. The molecule has 0 radical (unpaired) electrons. The molecule has 0 bridgehead atoms. The Bertz CT molecular complexity index is 638. The number of hydrogen-bond donors (Lipinski definition) is 4. The highest BCUT2D eigenvalue weighted by atomic mass is 35.5. The van der Waals surface area contributed by atoms with Crippen LogP contribution >= 0.6 is 11.6 Å². The summed E-state index contributed by atoms with van der Waals surface area (Å²) in [5.74, 6) is 0.169. The van der Waals surface area contributed by atoms with Crippen LogP contribution in [0, 0.1) is 0 Å². The number of aliphatic hydroxyl groups is 3. The summed E-state index contributed by atoms with van der Waals surface area (Å²) in [6, 6.07) is -0.884. The van der Waals surface area contributed by atoms with E-state index in [2.05, 4.69) is 9.97 Å². The molecule has 0 aliphatic carbocycles. The van der Waals surface area contributed by atoms with E-state index >= 15 is 0 Å². The lowest BCUT2D eigenvalue weighted by Crippen LogP contribution is -2.41. The number of rotatable bonds is 5. The van der Waals surface area contributed by atoms with E-state index < -0.39 is 31.0 Å². The molecule has 2 aromatic heterocycles. The van der Waals surface area contributed by atoms with Crippen molar-refractivity contribution in [2.45, 2.75) is 31.3 Å². The van der Waals surface area contributed by atoms with Crippen LogP contribution in [0.4, 0.5) is 10.2 Å². The summed E-state index contributed by atoms with van der Waals surface area (Å²) in [6.45, 7) is 0.753. The Morgan fingerprint density at radius 2 is 2.10 bits per heavy atom. The third kappa shape index (κ3) is 2.80.